The lowest BCUT2D eigenvalue weighted by molar-refractivity contribution is 0.0743. The molecule has 90 valence electrons. The second-order valence-corrected chi connectivity index (χ2v) is 5.53. The number of nitrogens with one attached hydrogen (secondary N) is 1. The number of rotatable bonds is 4. The van der Waals surface area contributed by atoms with E-state index in [-0.39, 0.29) is 0 Å². The maximum atomic E-state index is 5.43. The Labute approximate surface area is 101 Å². The van der Waals surface area contributed by atoms with Crippen LogP contribution in [0.4, 0.5) is 0 Å². The zero-order valence-corrected chi connectivity index (χ0v) is 10.8. The highest BCUT2D eigenvalue weighted by Gasteiger charge is 2.13. The Morgan fingerprint density at radius 3 is 3.12 bits per heavy atom. The summed E-state index contributed by atoms with van der Waals surface area (Å²) in [6.07, 6.45) is 2.20. The van der Waals surface area contributed by atoms with Crippen LogP contribution in [0.5, 0.6) is 0 Å². The molecule has 1 saturated heterocycles. The third-order valence-electron chi connectivity index (χ3n) is 2.87. The summed E-state index contributed by atoms with van der Waals surface area (Å²) >= 11 is 1.79. The van der Waals surface area contributed by atoms with Crippen molar-refractivity contribution < 1.29 is 4.74 Å². The number of thiazole rings is 1. The van der Waals surface area contributed by atoms with Gasteiger partial charge in [0.25, 0.3) is 0 Å². The molecule has 1 aliphatic rings. The van der Waals surface area contributed by atoms with E-state index < -0.39 is 0 Å². The van der Waals surface area contributed by atoms with Crippen LogP contribution in [0.1, 0.15) is 36.9 Å². The van der Waals surface area contributed by atoms with Gasteiger partial charge in [-0.05, 0) is 12.3 Å². The minimum atomic E-state index is 0.514. The molecule has 3 nitrogen and oxygen atoms in total. The van der Waals surface area contributed by atoms with Crippen molar-refractivity contribution in [3.63, 3.8) is 0 Å². The van der Waals surface area contributed by atoms with Gasteiger partial charge in [0.2, 0.25) is 0 Å². The van der Waals surface area contributed by atoms with Crippen LogP contribution in [0, 0.1) is 0 Å². The van der Waals surface area contributed by atoms with E-state index in [1.165, 1.54) is 10.7 Å². The fraction of sp³-hybridized carbons (Fsp3) is 0.750. The lowest BCUT2D eigenvalue weighted by atomic mass is 10.1. The zero-order chi connectivity index (χ0) is 11.4. The topological polar surface area (TPSA) is 34.1 Å². The first kappa shape index (κ1) is 12.0. The van der Waals surface area contributed by atoms with Crippen LogP contribution in [0.25, 0.3) is 0 Å². The van der Waals surface area contributed by atoms with Gasteiger partial charge in [-0.3, -0.25) is 0 Å². The summed E-state index contributed by atoms with van der Waals surface area (Å²) in [7, 11) is 0. The molecule has 0 saturated carbocycles. The first-order valence-corrected chi connectivity index (χ1v) is 6.89. The lowest BCUT2D eigenvalue weighted by Crippen LogP contribution is -2.41. The van der Waals surface area contributed by atoms with Crippen molar-refractivity contribution >= 4 is 11.3 Å². The molecule has 2 heterocycles. The highest BCUT2D eigenvalue weighted by atomic mass is 32.1. The molecule has 0 aromatic carbocycles. The maximum Gasteiger partial charge on any atom is 0.0928 e. The molecule has 0 aliphatic carbocycles. The average Bonchev–Trinajstić information content (AvgIpc) is 2.76. The predicted octanol–water partition coefficient (Wildman–Crippen LogP) is 2.19. The number of ether oxygens (including phenoxy) is 1. The molecule has 0 spiro atoms. The largest absolute Gasteiger partial charge is 0.379 e. The Hall–Kier alpha value is -0.450. The van der Waals surface area contributed by atoms with E-state index in [1.807, 2.05) is 0 Å². The molecule has 1 fully saturated rings. The number of hydrogen-bond acceptors (Lipinski definition) is 4. The van der Waals surface area contributed by atoms with Gasteiger partial charge in [0.1, 0.15) is 0 Å². The second-order valence-electron chi connectivity index (χ2n) is 4.59. The van der Waals surface area contributed by atoms with E-state index in [9.17, 15) is 0 Å². The SMILES string of the molecule is CC(C)c1csc(CCC2COCCN2)n1. The van der Waals surface area contributed by atoms with Crippen LogP contribution >= 0.6 is 11.3 Å². The van der Waals surface area contributed by atoms with Gasteiger partial charge < -0.3 is 10.1 Å². The van der Waals surface area contributed by atoms with E-state index in [0.717, 1.165) is 32.6 Å². The van der Waals surface area contributed by atoms with Crippen molar-refractivity contribution in [2.24, 2.45) is 0 Å². The molecule has 1 aromatic rings. The molecule has 1 aromatic heterocycles. The Morgan fingerprint density at radius 1 is 1.62 bits per heavy atom. The summed E-state index contributed by atoms with van der Waals surface area (Å²) in [5.41, 5.74) is 1.23. The molecular weight excluding hydrogens is 220 g/mol. The number of aromatic nitrogens is 1. The molecule has 4 heteroatoms. The first-order valence-electron chi connectivity index (χ1n) is 6.01. The third-order valence-corrected chi connectivity index (χ3v) is 3.79. The van der Waals surface area contributed by atoms with Crippen molar-refractivity contribution in [1.82, 2.24) is 10.3 Å². The lowest BCUT2D eigenvalue weighted by Gasteiger charge is -2.23. The number of hydrogen-bond donors (Lipinski definition) is 1. The standard InChI is InChI=1S/C12H20N2OS/c1-9(2)11-8-16-12(14-11)4-3-10-7-15-6-5-13-10/h8-10,13H,3-7H2,1-2H3. The summed E-state index contributed by atoms with van der Waals surface area (Å²) in [5.74, 6) is 0.543. The summed E-state index contributed by atoms with van der Waals surface area (Å²) < 4.78 is 5.43. The van der Waals surface area contributed by atoms with Gasteiger partial charge in [-0.25, -0.2) is 4.98 Å². The highest BCUT2D eigenvalue weighted by molar-refractivity contribution is 7.09. The van der Waals surface area contributed by atoms with E-state index in [2.05, 4.69) is 29.5 Å². The van der Waals surface area contributed by atoms with E-state index in [0.29, 0.717) is 12.0 Å². The second kappa shape index (κ2) is 5.75. The minimum absolute atomic E-state index is 0.514. The quantitative estimate of drug-likeness (QED) is 0.876. The van der Waals surface area contributed by atoms with Crippen molar-refractivity contribution in [3.05, 3.63) is 16.1 Å². The van der Waals surface area contributed by atoms with E-state index in [1.54, 1.807) is 11.3 Å². The Balaban J connectivity index is 1.79. The van der Waals surface area contributed by atoms with Gasteiger partial charge in [-0.15, -0.1) is 11.3 Å². The normalized spacial score (nSPS) is 21.6. The summed E-state index contributed by atoms with van der Waals surface area (Å²) in [4.78, 5) is 4.64. The first-order chi connectivity index (χ1) is 7.75. The molecule has 1 atom stereocenters. The predicted molar refractivity (Wildman–Crippen MR) is 67.1 cm³/mol. The van der Waals surface area contributed by atoms with Crippen molar-refractivity contribution in [2.45, 2.75) is 38.6 Å². The Bertz CT molecular complexity index is 319. The molecule has 0 amide bonds. The molecule has 16 heavy (non-hydrogen) atoms. The molecule has 1 unspecified atom stereocenters. The minimum Gasteiger partial charge on any atom is -0.379 e. The summed E-state index contributed by atoms with van der Waals surface area (Å²) in [6, 6.07) is 0.514. The molecule has 2 rings (SSSR count). The maximum absolute atomic E-state index is 5.43. The average molecular weight is 240 g/mol. The van der Waals surface area contributed by atoms with Crippen LogP contribution in [0.3, 0.4) is 0 Å². The summed E-state index contributed by atoms with van der Waals surface area (Å²) in [6.45, 7) is 7.07. The fourth-order valence-corrected chi connectivity index (χ4v) is 2.78. The highest BCUT2D eigenvalue weighted by Crippen LogP contribution is 2.19. The van der Waals surface area contributed by atoms with Crippen molar-refractivity contribution in [2.75, 3.05) is 19.8 Å². The van der Waals surface area contributed by atoms with Gasteiger partial charge in [0, 0.05) is 24.4 Å². The van der Waals surface area contributed by atoms with Gasteiger partial charge in [0.05, 0.1) is 23.9 Å². The van der Waals surface area contributed by atoms with Crippen LogP contribution < -0.4 is 5.32 Å². The summed E-state index contributed by atoms with van der Waals surface area (Å²) in [5, 5.41) is 6.92. The third kappa shape index (κ3) is 3.27. The van der Waals surface area contributed by atoms with E-state index >= 15 is 0 Å². The Morgan fingerprint density at radius 2 is 2.50 bits per heavy atom. The van der Waals surface area contributed by atoms with Gasteiger partial charge in [-0.2, -0.15) is 0 Å². The van der Waals surface area contributed by atoms with Crippen LogP contribution in [-0.2, 0) is 11.2 Å². The fourth-order valence-electron chi connectivity index (χ4n) is 1.81. The van der Waals surface area contributed by atoms with Crippen LogP contribution in [-0.4, -0.2) is 30.8 Å². The molecule has 0 radical (unpaired) electrons. The van der Waals surface area contributed by atoms with Gasteiger partial charge >= 0.3 is 0 Å². The molecular formula is C12H20N2OS. The smallest absolute Gasteiger partial charge is 0.0928 e. The number of nitrogens with zero attached hydrogens (tertiary/aromatic N) is 1. The van der Waals surface area contributed by atoms with Crippen LogP contribution in [0.2, 0.25) is 0 Å². The van der Waals surface area contributed by atoms with Crippen molar-refractivity contribution in [3.8, 4) is 0 Å². The zero-order valence-electron chi connectivity index (χ0n) is 10.0. The van der Waals surface area contributed by atoms with Gasteiger partial charge in [0.15, 0.2) is 0 Å². The van der Waals surface area contributed by atoms with Crippen LogP contribution in [0.15, 0.2) is 5.38 Å². The monoisotopic (exact) mass is 240 g/mol. The van der Waals surface area contributed by atoms with Gasteiger partial charge in [-0.1, -0.05) is 13.8 Å². The molecule has 0 bridgehead atoms. The molecule has 1 aliphatic heterocycles. The number of morpholine rings is 1. The Kier molecular flexibility index (Phi) is 4.32. The molecule has 1 N–H and O–H groups in total. The van der Waals surface area contributed by atoms with E-state index in [4.69, 9.17) is 4.74 Å². The van der Waals surface area contributed by atoms with Crippen molar-refractivity contribution in [1.29, 1.82) is 0 Å². The number of aryl methyl sites for hydroxylation is 1.